The molecule has 7 heteroatoms. The van der Waals surface area contributed by atoms with Gasteiger partial charge in [-0.2, -0.15) is 0 Å². The summed E-state index contributed by atoms with van der Waals surface area (Å²) in [5, 5.41) is 8.89. The highest BCUT2D eigenvalue weighted by Crippen LogP contribution is 2.16. The average Bonchev–Trinajstić information content (AvgIpc) is 2.92. The van der Waals surface area contributed by atoms with Crippen molar-refractivity contribution in [1.29, 1.82) is 0 Å². The van der Waals surface area contributed by atoms with Crippen LogP contribution in [0.4, 0.5) is 5.82 Å². The Bertz CT molecular complexity index is 559. The van der Waals surface area contributed by atoms with Gasteiger partial charge in [-0.05, 0) is 12.1 Å². The lowest BCUT2D eigenvalue weighted by atomic mass is 10.3. The van der Waals surface area contributed by atoms with Crippen molar-refractivity contribution in [1.82, 2.24) is 15.3 Å². The molecular formula is C12H13ClN4OS. The first-order valence-corrected chi connectivity index (χ1v) is 6.97. The summed E-state index contributed by atoms with van der Waals surface area (Å²) < 4.78 is 0. The van der Waals surface area contributed by atoms with Crippen molar-refractivity contribution in [3.8, 4) is 0 Å². The van der Waals surface area contributed by atoms with Gasteiger partial charge in [-0.3, -0.25) is 4.79 Å². The van der Waals surface area contributed by atoms with Crippen molar-refractivity contribution in [2.24, 2.45) is 0 Å². The van der Waals surface area contributed by atoms with Crippen molar-refractivity contribution in [3.63, 3.8) is 0 Å². The molecule has 0 bridgehead atoms. The Morgan fingerprint density at radius 1 is 1.47 bits per heavy atom. The quantitative estimate of drug-likeness (QED) is 0.888. The molecule has 19 heavy (non-hydrogen) atoms. The van der Waals surface area contributed by atoms with Gasteiger partial charge >= 0.3 is 0 Å². The number of hydrogen-bond donors (Lipinski definition) is 2. The Morgan fingerprint density at radius 2 is 2.32 bits per heavy atom. The van der Waals surface area contributed by atoms with E-state index in [4.69, 9.17) is 11.6 Å². The minimum absolute atomic E-state index is 0.229. The van der Waals surface area contributed by atoms with Crippen LogP contribution < -0.4 is 10.6 Å². The number of nitrogens with zero attached hydrogens (tertiary/aromatic N) is 2. The molecule has 5 nitrogen and oxygen atoms in total. The molecule has 0 atom stereocenters. The molecule has 0 radical (unpaired) electrons. The molecule has 0 aliphatic carbocycles. The van der Waals surface area contributed by atoms with E-state index in [0.29, 0.717) is 23.8 Å². The van der Waals surface area contributed by atoms with Gasteiger partial charge < -0.3 is 10.6 Å². The van der Waals surface area contributed by atoms with Gasteiger partial charge in [0.05, 0.1) is 10.0 Å². The third-order valence-electron chi connectivity index (χ3n) is 2.43. The molecular weight excluding hydrogens is 284 g/mol. The largest absolute Gasteiger partial charge is 0.373 e. The van der Waals surface area contributed by atoms with Crippen molar-refractivity contribution in [2.75, 3.05) is 18.9 Å². The van der Waals surface area contributed by atoms with Crippen LogP contribution in [0.2, 0.25) is 5.02 Å². The second kappa shape index (κ2) is 6.49. The fourth-order valence-electron chi connectivity index (χ4n) is 1.48. The summed E-state index contributed by atoms with van der Waals surface area (Å²) in [4.78, 5) is 20.2. The zero-order chi connectivity index (χ0) is 13.7. The molecule has 0 saturated carbocycles. The lowest BCUT2D eigenvalue weighted by molar-refractivity contribution is 0.0949. The normalized spacial score (nSPS) is 10.2. The lowest BCUT2D eigenvalue weighted by Crippen LogP contribution is -2.27. The maximum atomic E-state index is 12.0. The van der Waals surface area contributed by atoms with Gasteiger partial charge in [0.15, 0.2) is 0 Å². The molecule has 0 fully saturated rings. The van der Waals surface area contributed by atoms with Gasteiger partial charge in [0.25, 0.3) is 5.91 Å². The summed E-state index contributed by atoms with van der Waals surface area (Å²) in [6.45, 7) is 0.508. The van der Waals surface area contributed by atoms with Crippen LogP contribution in [0.3, 0.4) is 0 Å². The van der Waals surface area contributed by atoms with Gasteiger partial charge in [0.1, 0.15) is 11.5 Å². The molecule has 0 saturated heterocycles. The summed E-state index contributed by atoms with van der Waals surface area (Å²) >= 11 is 7.53. The lowest BCUT2D eigenvalue weighted by Gasteiger charge is -2.07. The molecule has 2 rings (SSSR count). The van der Waals surface area contributed by atoms with Crippen LogP contribution >= 0.6 is 22.9 Å². The summed E-state index contributed by atoms with van der Waals surface area (Å²) in [5.41, 5.74) is 0.229. The molecule has 2 N–H and O–H groups in total. The summed E-state index contributed by atoms with van der Waals surface area (Å²) in [6.07, 6.45) is 2.45. The monoisotopic (exact) mass is 296 g/mol. The Hall–Kier alpha value is -1.66. The fourth-order valence-corrected chi connectivity index (χ4v) is 2.30. The van der Waals surface area contributed by atoms with Gasteiger partial charge in [-0.25, -0.2) is 9.97 Å². The number of thiazole rings is 1. The smallest absolute Gasteiger partial charge is 0.271 e. The van der Waals surface area contributed by atoms with Gasteiger partial charge in [-0.1, -0.05) is 11.6 Å². The van der Waals surface area contributed by atoms with Crippen molar-refractivity contribution in [3.05, 3.63) is 39.4 Å². The van der Waals surface area contributed by atoms with E-state index in [1.54, 1.807) is 36.7 Å². The van der Waals surface area contributed by atoms with Crippen LogP contribution in [-0.2, 0) is 6.42 Å². The fraction of sp³-hybridized carbons (Fsp3) is 0.250. The first-order chi connectivity index (χ1) is 9.20. The molecule has 0 unspecified atom stereocenters. The number of halogens is 1. The predicted molar refractivity (Wildman–Crippen MR) is 76.9 cm³/mol. The maximum Gasteiger partial charge on any atom is 0.271 e. The zero-order valence-corrected chi connectivity index (χ0v) is 11.9. The minimum atomic E-state index is -0.279. The van der Waals surface area contributed by atoms with Crippen molar-refractivity contribution in [2.45, 2.75) is 6.42 Å². The highest BCUT2D eigenvalue weighted by molar-refractivity contribution is 7.09. The maximum absolute atomic E-state index is 12.0. The van der Waals surface area contributed by atoms with Crippen LogP contribution in [0.25, 0.3) is 0 Å². The number of anilines is 1. The first kappa shape index (κ1) is 13.8. The number of aromatic nitrogens is 2. The number of hydrogen-bond acceptors (Lipinski definition) is 5. The van der Waals surface area contributed by atoms with E-state index in [2.05, 4.69) is 20.6 Å². The van der Waals surface area contributed by atoms with Crippen LogP contribution in [0.15, 0.2) is 23.7 Å². The number of nitrogens with one attached hydrogen (secondary N) is 2. The summed E-state index contributed by atoms with van der Waals surface area (Å²) in [7, 11) is 1.74. The average molecular weight is 297 g/mol. The summed E-state index contributed by atoms with van der Waals surface area (Å²) in [5.74, 6) is 0.327. The molecule has 1 amide bonds. The Balaban J connectivity index is 1.95. The zero-order valence-electron chi connectivity index (χ0n) is 10.3. The molecule has 2 aromatic rings. The Morgan fingerprint density at radius 3 is 3.00 bits per heavy atom. The van der Waals surface area contributed by atoms with E-state index in [9.17, 15) is 4.79 Å². The van der Waals surface area contributed by atoms with Crippen LogP contribution in [0.1, 0.15) is 15.5 Å². The second-order valence-electron chi connectivity index (χ2n) is 3.71. The molecule has 2 aromatic heterocycles. The third kappa shape index (κ3) is 3.65. The molecule has 0 aliphatic rings. The standard InChI is InChI=1S/C12H13ClN4OS/c1-14-9-3-2-8(13)11(17-9)12(18)16-5-4-10-15-6-7-19-10/h2-3,6-7H,4-5H2,1H3,(H,14,17)(H,16,18). The third-order valence-corrected chi connectivity index (χ3v) is 3.57. The number of amides is 1. The van der Waals surface area contributed by atoms with E-state index in [-0.39, 0.29) is 11.6 Å². The highest BCUT2D eigenvalue weighted by atomic mass is 35.5. The Labute approximate surface area is 120 Å². The second-order valence-corrected chi connectivity index (χ2v) is 5.09. The molecule has 0 aliphatic heterocycles. The van der Waals surface area contributed by atoms with Crippen LogP contribution in [-0.4, -0.2) is 29.5 Å². The van der Waals surface area contributed by atoms with Crippen LogP contribution in [0.5, 0.6) is 0 Å². The van der Waals surface area contributed by atoms with Crippen molar-refractivity contribution < 1.29 is 4.79 Å². The minimum Gasteiger partial charge on any atom is -0.373 e. The molecule has 2 heterocycles. The Kier molecular flexibility index (Phi) is 4.70. The number of carbonyl (C=O) groups is 1. The van der Waals surface area contributed by atoms with Gasteiger partial charge in [0, 0.05) is 31.6 Å². The predicted octanol–water partition coefficient (Wildman–Crippen LogP) is 2.21. The van der Waals surface area contributed by atoms with Crippen LogP contribution in [0, 0.1) is 0 Å². The SMILES string of the molecule is CNc1ccc(Cl)c(C(=O)NCCc2nccs2)n1. The van der Waals surface area contributed by atoms with E-state index < -0.39 is 0 Å². The molecule has 0 aromatic carbocycles. The van der Waals surface area contributed by atoms with E-state index in [1.165, 1.54) is 0 Å². The van der Waals surface area contributed by atoms with Crippen molar-refractivity contribution >= 4 is 34.7 Å². The van der Waals surface area contributed by atoms with E-state index in [0.717, 1.165) is 5.01 Å². The van der Waals surface area contributed by atoms with Gasteiger partial charge in [0.2, 0.25) is 0 Å². The van der Waals surface area contributed by atoms with E-state index in [1.807, 2.05) is 5.38 Å². The summed E-state index contributed by atoms with van der Waals surface area (Å²) in [6, 6.07) is 3.37. The number of rotatable bonds is 5. The van der Waals surface area contributed by atoms with Gasteiger partial charge in [-0.15, -0.1) is 11.3 Å². The molecule has 0 spiro atoms. The molecule has 100 valence electrons. The number of carbonyl (C=O) groups excluding carboxylic acids is 1. The topological polar surface area (TPSA) is 66.9 Å². The first-order valence-electron chi connectivity index (χ1n) is 5.71. The number of pyridine rings is 1. The highest BCUT2D eigenvalue weighted by Gasteiger charge is 2.12. The van der Waals surface area contributed by atoms with E-state index >= 15 is 0 Å².